The second kappa shape index (κ2) is 6.94. The zero-order chi connectivity index (χ0) is 14.7. The van der Waals surface area contributed by atoms with Crippen LogP contribution in [0.4, 0.5) is 0 Å². The van der Waals surface area contributed by atoms with Crippen LogP contribution in [0.15, 0.2) is 21.9 Å². The normalized spacial score (nSPS) is 28.7. The molecule has 4 nitrogen and oxygen atoms in total. The minimum atomic E-state index is -0.129. The summed E-state index contributed by atoms with van der Waals surface area (Å²) in [4.78, 5) is 16.6. The van der Waals surface area contributed by atoms with Gasteiger partial charge in [0, 0.05) is 28.9 Å². The summed E-state index contributed by atoms with van der Waals surface area (Å²) in [6.45, 7) is 2.84. The molecule has 6 heteroatoms. The Kier molecular flexibility index (Phi) is 4.98. The van der Waals surface area contributed by atoms with E-state index in [0.717, 1.165) is 37.9 Å². The van der Waals surface area contributed by atoms with Gasteiger partial charge in [-0.15, -0.1) is 11.3 Å². The lowest BCUT2D eigenvalue weighted by atomic mass is 9.95. The van der Waals surface area contributed by atoms with Gasteiger partial charge in [-0.1, -0.05) is 23.9 Å². The van der Waals surface area contributed by atoms with Gasteiger partial charge in [-0.05, 0) is 32.6 Å². The Morgan fingerprint density at radius 2 is 2.24 bits per heavy atom. The summed E-state index contributed by atoms with van der Waals surface area (Å²) >= 11 is 3.64. The van der Waals surface area contributed by atoms with E-state index in [0.29, 0.717) is 11.3 Å². The SMILES string of the molecule is Cc1csc(SC2CCC(NC(=O)C3C=CCN3)CC2)n1. The molecule has 1 aliphatic heterocycles. The summed E-state index contributed by atoms with van der Waals surface area (Å²) < 4.78 is 1.18. The molecular weight excluding hydrogens is 302 g/mol. The van der Waals surface area contributed by atoms with Gasteiger partial charge in [0.25, 0.3) is 0 Å². The van der Waals surface area contributed by atoms with Crippen molar-refractivity contribution in [1.82, 2.24) is 15.6 Å². The smallest absolute Gasteiger partial charge is 0.241 e. The van der Waals surface area contributed by atoms with Gasteiger partial charge >= 0.3 is 0 Å². The topological polar surface area (TPSA) is 54.0 Å². The number of carbonyl (C=O) groups excluding carboxylic acids is 1. The van der Waals surface area contributed by atoms with Crippen molar-refractivity contribution in [3.63, 3.8) is 0 Å². The molecule has 1 aromatic rings. The van der Waals surface area contributed by atoms with Crippen LogP contribution in [0, 0.1) is 6.92 Å². The third kappa shape index (κ3) is 4.08. The zero-order valence-corrected chi connectivity index (χ0v) is 13.8. The number of nitrogens with one attached hydrogen (secondary N) is 2. The molecule has 0 aromatic carbocycles. The molecule has 1 aliphatic carbocycles. The molecule has 3 rings (SSSR count). The highest BCUT2D eigenvalue weighted by Gasteiger charge is 2.26. The maximum absolute atomic E-state index is 12.1. The van der Waals surface area contributed by atoms with Gasteiger partial charge in [0.2, 0.25) is 5.91 Å². The first-order chi connectivity index (χ1) is 10.2. The Hall–Kier alpha value is -0.850. The van der Waals surface area contributed by atoms with Crippen LogP contribution in [-0.4, -0.2) is 34.8 Å². The van der Waals surface area contributed by atoms with Crippen LogP contribution in [0.2, 0.25) is 0 Å². The summed E-state index contributed by atoms with van der Waals surface area (Å²) in [5.41, 5.74) is 1.11. The lowest BCUT2D eigenvalue weighted by molar-refractivity contribution is -0.122. The van der Waals surface area contributed by atoms with Crippen LogP contribution in [0.5, 0.6) is 0 Å². The molecule has 1 fully saturated rings. The van der Waals surface area contributed by atoms with E-state index in [4.69, 9.17) is 0 Å². The highest BCUT2D eigenvalue weighted by Crippen LogP contribution is 2.35. The fourth-order valence-corrected chi connectivity index (χ4v) is 5.08. The van der Waals surface area contributed by atoms with Gasteiger partial charge in [-0.25, -0.2) is 4.98 Å². The summed E-state index contributed by atoms with van der Waals surface area (Å²) in [5, 5.41) is 9.08. The highest BCUT2D eigenvalue weighted by atomic mass is 32.2. The minimum absolute atomic E-state index is 0.121. The van der Waals surface area contributed by atoms with E-state index < -0.39 is 0 Å². The molecule has 114 valence electrons. The molecule has 1 amide bonds. The fourth-order valence-electron chi connectivity index (χ4n) is 2.79. The molecule has 2 aliphatic rings. The van der Waals surface area contributed by atoms with Gasteiger partial charge in [0.1, 0.15) is 10.4 Å². The second-order valence-corrected chi connectivity index (χ2v) is 8.07. The number of amides is 1. The largest absolute Gasteiger partial charge is 0.352 e. The molecule has 0 radical (unpaired) electrons. The summed E-state index contributed by atoms with van der Waals surface area (Å²) in [7, 11) is 0. The van der Waals surface area contributed by atoms with Crippen LogP contribution >= 0.6 is 23.1 Å². The summed E-state index contributed by atoms with van der Waals surface area (Å²) in [5.74, 6) is 0.121. The van der Waals surface area contributed by atoms with Crippen LogP contribution in [0.1, 0.15) is 31.4 Å². The van der Waals surface area contributed by atoms with Crippen molar-refractivity contribution >= 4 is 29.0 Å². The van der Waals surface area contributed by atoms with Crippen molar-refractivity contribution in [2.45, 2.75) is 54.3 Å². The Morgan fingerprint density at radius 3 is 2.86 bits per heavy atom. The van der Waals surface area contributed by atoms with Crippen molar-refractivity contribution in [1.29, 1.82) is 0 Å². The zero-order valence-electron chi connectivity index (χ0n) is 12.2. The Morgan fingerprint density at radius 1 is 1.43 bits per heavy atom. The van der Waals surface area contributed by atoms with Crippen LogP contribution in [0.25, 0.3) is 0 Å². The number of aryl methyl sites for hydroxylation is 1. The molecule has 2 N–H and O–H groups in total. The quantitative estimate of drug-likeness (QED) is 0.836. The van der Waals surface area contributed by atoms with Crippen molar-refractivity contribution in [2.75, 3.05) is 6.54 Å². The monoisotopic (exact) mass is 323 g/mol. The van der Waals surface area contributed by atoms with E-state index in [-0.39, 0.29) is 11.9 Å². The van der Waals surface area contributed by atoms with E-state index in [1.165, 1.54) is 4.34 Å². The molecule has 1 aromatic heterocycles. The third-order valence-electron chi connectivity index (χ3n) is 3.95. The molecule has 1 atom stereocenters. The first kappa shape index (κ1) is 15.1. The van der Waals surface area contributed by atoms with E-state index in [2.05, 4.69) is 21.0 Å². The number of hydrogen-bond acceptors (Lipinski definition) is 5. The van der Waals surface area contributed by atoms with Gasteiger partial charge in [-0.2, -0.15) is 0 Å². The first-order valence-electron chi connectivity index (χ1n) is 7.50. The molecular formula is C15H21N3OS2. The number of carbonyl (C=O) groups is 1. The molecule has 2 heterocycles. The Bertz CT molecular complexity index is 521. The minimum Gasteiger partial charge on any atom is -0.352 e. The van der Waals surface area contributed by atoms with Crippen LogP contribution < -0.4 is 10.6 Å². The van der Waals surface area contributed by atoms with Crippen molar-refractivity contribution < 1.29 is 4.79 Å². The number of hydrogen-bond donors (Lipinski definition) is 2. The molecule has 0 bridgehead atoms. The molecule has 21 heavy (non-hydrogen) atoms. The van der Waals surface area contributed by atoms with Gasteiger partial charge in [0.15, 0.2) is 0 Å². The van der Waals surface area contributed by atoms with Crippen LogP contribution in [0.3, 0.4) is 0 Å². The van der Waals surface area contributed by atoms with E-state index >= 15 is 0 Å². The molecule has 1 saturated carbocycles. The summed E-state index contributed by atoms with van der Waals surface area (Å²) in [6, 6.07) is 0.207. The predicted molar refractivity (Wildman–Crippen MR) is 87.8 cm³/mol. The van der Waals surface area contributed by atoms with E-state index in [1.54, 1.807) is 11.3 Å². The average molecular weight is 323 g/mol. The van der Waals surface area contributed by atoms with E-state index in [9.17, 15) is 4.79 Å². The Labute approximate surface area is 133 Å². The first-order valence-corrected chi connectivity index (χ1v) is 9.26. The van der Waals surface area contributed by atoms with Crippen molar-refractivity contribution in [3.05, 3.63) is 23.2 Å². The van der Waals surface area contributed by atoms with Crippen molar-refractivity contribution in [3.8, 4) is 0 Å². The lowest BCUT2D eigenvalue weighted by Crippen LogP contribution is -2.46. The number of thioether (sulfide) groups is 1. The number of rotatable bonds is 4. The van der Waals surface area contributed by atoms with Crippen molar-refractivity contribution in [2.24, 2.45) is 0 Å². The second-order valence-electron chi connectivity index (χ2n) is 5.67. The predicted octanol–water partition coefficient (Wildman–Crippen LogP) is 2.50. The standard InChI is InChI=1S/C15H21N3OS2/c1-10-9-20-15(17-10)21-12-6-4-11(5-7-12)18-14(19)13-3-2-8-16-13/h2-3,9,11-13,16H,4-8H2,1H3,(H,18,19). The highest BCUT2D eigenvalue weighted by molar-refractivity contribution is 8.01. The Balaban J connectivity index is 1.42. The van der Waals surface area contributed by atoms with Crippen LogP contribution in [-0.2, 0) is 4.79 Å². The number of aromatic nitrogens is 1. The maximum Gasteiger partial charge on any atom is 0.241 e. The number of thiazole rings is 1. The van der Waals surface area contributed by atoms with E-state index in [1.807, 2.05) is 30.8 Å². The number of nitrogens with zero attached hydrogens (tertiary/aromatic N) is 1. The van der Waals surface area contributed by atoms with Gasteiger partial charge in [-0.3, -0.25) is 10.1 Å². The lowest BCUT2D eigenvalue weighted by Gasteiger charge is -2.29. The van der Waals surface area contributed by atoms with Gasteiger partial charge < -0.3 is 5.32 Å². The third-order valence-corrected chi connectivity index (χ3v) is 6.38. The molecule has 0 spiro atoms. The molecule has 0 saturated heterocycles. The van der Waals surface area contributed by atoms with Gasteiger partial charge in [0.05, 0.1) is 0 Å². The average Bonchev–Trinajstić information content (AvgIpc) is 3.13. The summed E-state index contributed by atoms with van der Waals surface area (Å²) in [6.07, 6.45) is 8.41. The maximum atomic E-state index is 12.1. The fraction of sp³-hybridized carbons (Fsp3) is 0.600. The molecule has 1 unspecified atom stereocenters.